The molecule has 0 aromatic heterocycles. The van der Waals surface area contributed by atoms with Crippen LogP contribution in [0.25, 0.3) is 0 Å². The van der Waals surface area contributed by atoms with E-state index < -0.39 is 0 Å². The molecule has 2 aromatic rings. The number of benzene rings is 2. The van der Waals surface area contributed by atoms with Crippen LogP contribution in [0, 0.1) is 0 Å². The lowest BCUT2D eigenvalue weighted by Gasteiger charge is -2.15. The molecule has 24 heavy (non-hydrogen) atoms. The summed E-state index contributed by atoms with van der Waals surface area (Å²) in [6.07, 6.45) is 2.68. The zero-order valence-electron chi connectivity index (χ0n) is 14.4. The standard InChI is InChI=1S/C20H26N2O2/c1-16(14-18-10-6-12-19(15-18)24-2)22-20(23)21-13-7-11-17-8-4-3-5-9-17/h3-6,8-10,12,15-16H,7,11,13-14H2,1-2H3,(H2,21,22,23). The first-order valence-electron chi connectivity index (χ1n) is 8.38. The molecule has 4 nitrogen and oxygen atoms in total. The second-order valence-corrected chi connectivity index (χ2v) is 5.95. The van der Waals surface area contributed by atoms with Crippen molar-refractivity contribution in [2.24, 2.45) is 0 Å². The van der Waals surface area contributed by atoms with Gasteiger partial charge in [-0.25, -0.2) is 4.79 Å². The lowest BCUT2D eigenvalue weighted by Crippen LogP contribution is -2.42. The van der Waals surface area contributed by atoms with Crippen molar-refractivity contribution in [1.82, 2.24) is 10.6 Å². The summed E-state index contributed by atoms with van der Waals surface area (Å²) < 4.78 is 5.22. The molecule has 4 heteroatoms. The zero-order chi connectivity index (χ0) is 17.2. The highest BCUT2D eigenvalue weighted by Gasteiger charge is 2.08. The smallest absolute Gasteiger partial charge is 0.315 e. The molecule has 0 spiro atoms. The normalized spacial score (nSPS) is 11.6. The minimum atomic E-state index is -0.113. The minimum Gasteiger partial charge on any atom is -0.497 e. The fourth-order valence-electron chi connectivity index (χ4n) is 2.62. The molecule has 0 aliphatic carbocycles. The van der Waals surface area contributed by atoms with Gasteiger partial charge in [-0.2, -0.15) is 0 Å². The van der Waals surface area contributed by atoms with Gasteiger partial charge >= 0.3 is 6.03 Å². The molecule has 0 saturated carbocycles. The van der Waals surface area contributed by atoms with Crippen LogP contribution in [-0.2, 0) is 12.8 Å². The second-order valence-electron chi connectivity index (χ2n) is 5.95. The highest BCUT2D eigenvalue weighted by Crippen LogP contribution is 2.13. The van der Waals surface area contributed by atoms with Gasteiger partial charge in [-0.15, -0.1) is 0 Å². The van der Waals surface area contributed by atoms with Gasteiger partial charge in [0.1, 0.15) is 5.75 Å². The van der Waals surface area contributed by atoms with Crippen LogP contribution in [-0.4, -0.2) is 25.7 Å². The van der Waals surface area contributed by atoms with Crippen LogP contribution in [0.15, 0.2) is 54.6 Å². The van der Waals surface area contributed by atoms with Crippen LogP contribution in [0.1, 0.15) is 24.5 Å². The fraction of sp³-hybridized carbons (Fsp3) is 0.350. The average molecular weight is 326 g/mol. The number of hydrogen-bond acceptors (Lipinski definition) is 2. The zero-order valence-corrected chi connectivity index (χ0v) is 14.4. The Bertz CT molecular complexity index is 629. The molecular weight excluding hydrogens is 300 g/mol. The Morgan fingerprint density at radius 3 is 2.58 bits per heavy atom. The Morgan fingerprint density at radius 2 is 1.83 bits per heavy atom. The Labute approximate surface area is 144 Å². The number of methoxy groups -OCH3 is 1. The SMILES string of the molecule is COc1cccc(CC(C)NC(=O)NCCCc2ccccc2)c1. The lowest BCUT2D eigenvalue weighted by molar-refractivity contribution is 0.237. The quantitative estimate of drug-likeness (QED) is 0.729. The molecule has 0 radical (unpaired) electrons. The van der Waals surface area contributed by atoms with Gasteiger partial charge in [0, 0.05) is 12.6 Å². The van der Waals surface area contributed by atoms with Gasteiger partial charge in [-0.1, -0.05) is 42.5 Å². The van der Waals surface area contributed by atoms with Crippen LogP contribution in [0.5, 0.6) is 5.75 Å². The Balaban J connectivity index is 1.66. The topological polar surface area (TPSA) is 50.4 Å². The van der Waals surface area contributed by atoms with Gasteiger partial charge in [0.15, 0.2) is 0 Å². The van der Waals surface area contributed by atoms with E-state index in [1.165, 1.54) is 5.56 Å². The van der Waals surface area contributed by atoms with Crippen molar-refractivity contribution in [3.05, 3.63) is 65.7 Å². The minimum absolute atomic E-state index is 0.0613. The van der Waals surface area contributed by atoms with Crippen molar-refractivity contribution >= 4 is 6.03 Å². The molecular formula is C20H26N2O2. The first-order valence-corrected chi connectivity index (χ1v) is 8.38. The second kappa shape index (κ2) is 9.60. The first-order chi connectivity index (χ1) is 11.7. The van der Waals surface area contributed by atoms with Crippen molar-refractivity contribution < 1.29 is 9.53 Å². The molecule has 0 heterocycles. The number of hydrogen-bond donors (Lipinski definition) is 2. The van der Waals surface area contributed by atoms with E-state index in [2.05, 4.69) is 22.8 Å². The van der Waals surface area contributed by atoms with Crippen molar-refractivity contribution in [1.29, 1.82) is 0 Å². The van der Waals surface area contributed by atoms with E-state index in [9.17, 15) is 4.79 Å². The maximum absolute atomic E-state index is 11.9. The molecule has 2 rings (SSSR count). The van der Waals surface area contributed by atoms with Gasteiger partial charge in [-0.05, 0) is 49.4 Å². The molecule has 0 fully saturated rings. The molecule has 2 amide bonds. The summed E-state index contributed by atoms with van der Waals surface area (Å²) in [5, 5.41) is 5.89. The summed E-state index contributed by atoms with van der Waals surface area (Å²) in [7, 11) is 1.66. The summed E-state index contributed by atoms with van der Waals surface area (Å²) in [6.45, 7) is 2.68. The van der Waals surface area contributed by atoms with E-state index in [1.54, 1.807) is 7.11 Å². The number of amides is 2. The number of rotatable bonds is 8. The van der Waals surface area contributed by atoms with E-state index >= 15 is 0 Å². The molecule has 0 aliphatic heterocycles. The third-order valence-corrected chi connectivity index (χ3v) is 3.82. The lowest BCUT2D eigenvalue weighted by atomic mass is 10.1. The first kappa shape index (κ1) is 17.9. The van der Waals surface area contributed by atoms with Gasteiger partial charge in [0.05, 0.1) is 7.11 Å². The van der Waals surface area contributed by atoms with Gasteiger partial charge < -0.3 is 15.4 Å². The highest BCUT2D eigenvalue weighted by atomic mass is 16.5. The summed E-state index contributed by atoms with van der Waals surface area (Å²) in [6, 6.07) is 18.2. The van der Waals surface area contributed by atoms with Crippen LogP contribution in [0.4, 0.5) is 4.79 Å². The molecule has 1 unspecified atom stereocenters. The van der Waals surface area contributed by atoms with Gasteiger partial charge in [-0.3, -0.25) is 0 Å². The van der Waals surface area contributed by atoms with Crippen molar-refractivity contribution in [2.45, 2.75) is 32.2 Å². The van der Waals surface area contributed by atoms with E-state index in [4.69, 9.17) is 4.74 Å². The predicted molar refractivity (Wildman–Crippen MR) is 97.5 cm³/mol. The van der Waals surface area contributed by atoms with Crippen LogP contribution in [0.2, 0.25) is 0 Å². The van der Waals surface area contributed by atoms with Crippen molar-refractivity contribution in [3.63, 3.8) is 0 Å². The number of ether oxygens (including phenoxy) is 1. The van der Waals surface area contributed by atoms with Crippen LogP contribution >= 0.6 is 0 Å². The Morgan fingerprint density at radius 1 is 1.08 bits per heavy atom. The van der Waals surface area contributed by atoms with E-state index in [-0.39, 0.29) is 12.1 Å². The third kappa shape index (κ3) is 6.32. The van der Waals surface area contributed by atoms with E-state index in [0.29, 0.717) is 6.54 Å². The number of aryl methyl sites for hydroxylation is 1. The van der Waals surface area contributed by atoms with Crippen LogP contribution < -0.4 is 15.4 Å². The number of urea groups is 1. The molecule has 128 valence electrons. The summed E-state index contributed by atoms with van der Waals surface area (Å²) >= 11 is 0. The summed E-state index contributed by atoms with van der Waals surface area (Å²) in [4.78, 5) is 11.9. The van der Waals surface area contributed by atoms with Gasteiger partial charge in [0.25, 0.3) is 0 Å². The molecule has 0 aliphatic rings. The summed E-state index contributed by atoms with van der Waals surface area (Å²) in [5.41, 5.74) is 2.44. The third-order valence-electron chi connectivity index (χ3n) is 3.82. The van der Waals surface area contributed by atoms with Crippen molar-refractivity contribution in [3.8, 4) is 5.75 Å². The molecule has 2 aromatic carbocycles. The number of carbonyl (C=O) groups is 1. The largest absolute Gasteiger partial charge is 0.497 e. The number of nitrogens with one attached hydrogen (secondary N) is 2. The summed E-state index contributed by atoms with van der Waals surface area (Å²) in [5.74, 6) is 0.838. The Kier molecular flexibility index (Phi) is 7.15. The highest BCUT2D eigenvalue weighted by molar-refractivity contribution is 5.74. The molecule has 0 saturated heterocycles. The fourth-order valence-corrected chi connectivity index (χ4v) is 2.62. The molecule has 1 atom stereocenters. The van der Waals surface area contributed by atoms with Crippen LogP contribution in [0.3, 0.4) is 0 Å². The van der Waals surface area contributed by atoms with E-state index in [0.717, 1.165) is 30.6 Å². The predicted octanol–water partition coefficient (Wildman–Crippen LogP) is 3.56. The maximum atomic E-state index is 11.9. The average Bonchev–Trinajstić information content (AvgIpc) is 2.59. The monoisotopic (exact) mass is 326 g/mol. The van der Waals surface area contributed by atoms with E-state index in [1.807, 2.05) is 49.4 Å². The van der Waals surface area contributed by atoms with Gasteiger partial charge in [0.2, 0.25) is 0 Å². The Hall–Kier alpha value is -2.49. The van der Waals surface area contributed by atoms with Crippen molar-refractivity contribution in [2.75, 3.05) is 13.7 Å². The molecule has 2 N–H and O–H groups in total. The maximum Gasteiger partial charge on any atom is 0.315 e. The molecule has 0 bridgehead atoms. The number of carbonyl (C=O) groups excluding carboxylic acids is 1.